The van der Waals surface area contributed by atoms with Crippen molar-refractivity contribution < 1.29 is 24.8 Å². The van der Waals surface area contributed by atoms with E-state index in [0.717, 1.165) is 4.57 Å². The van der Waals surface area contributed by atoms with Gasteiger partial charge in [-0.1, -0.05) is 0 Å². The minimum Gasteiger partial charge on any atom is -0.478 e. The van der Waals surface area contributed by atoms with Crippen LogP contribution >= 0.6 is 0 Å². The Bertz CT molecular complexity index is 529. The fraction of sp³-hybridized carbons (Fsp3) is 0.667. The number of aliphatic hydroxyl groups excluding tert-OH is 2. The van der Waals surface area contributed by atoms with E-state index in [4.69, 9.17) is 14.6 Å². The van der Waals surface area contributed by atoms with Gasteiger partial charge in [-0.05, 0) is 13.8 Å². The highest BCUT2D eigenvalue weighted by molar-refractivity contribution is 5.08. The van der Waals surface area contributed by atoms with E-state index >= 15 is 0 Å². The molecule has 0 aromatic carbocycles. The lowest BCUT2D eigenvalue weighted by atomic mass is 9.96. The molecule has 1 aliphatic rings. The Labute approximate surface area is 115 Å². The second-order valence-corrected chi connectivity index (χ2v) is 4.77. The van der Waals surface area contributed by atoms with Crippen LogP contribution in [0.5, 0.6) is 5.88 Å². The second kappa shape index (κ2) is 5.49. The average Bonchev–Trinajstić information content (AvgIpc) is 2.62. The van der Waals surface area contributed by atoms with Crippen LogP contribution in [0, 0.1) is 0 Å². The molecule has 1 aromatic heterocycles. The van der Waals surface area contributed by atoms with Gasteiger partial charge >= 0.3 is 5.69 Å². The van der Waals surface area contributed by atoms with Crippen molar-refractivity contribution in [1.82, 2.24) is 9.55 Å². The normalized spacial score (nSPS) is 33.4. The first-order chi connectivity index (χ1) is 9.41. The topological polar surface area (TPSA) is 114 Å². The van der Waals surface area contributed by atoms with Gasteiger partial charge in [-0.15, -0.1) is 0 Å². The third-order valence-electron chi connectivity index (χ3n) is 3.28. The summed E-state index contributed by atoms with van der Waals surface area (Å²) in [5.74, 6) is 0.172. The molecule has 4 atom stereocenters. The largest absolute Gasteiger partial charge is 0.478 e. The fourth-order valence-electron chi connectivity index (χ4n) is 2.19. The smallest absolute Gasteiger partial charge is 0.353 e. The molecular formula is C12H18N2O6. The van der Waals surface area contributed by atoms with Crippen LogP contribution in [0.1, 0.15) is 20.1 Å². The molecular weight excluding hydrogens is 268 g/mol. The van der Waals surface area contributed by atoms with E-state index in [0.29, 0.717) is 6.61 Å². The van der Waals surface area contributed by atoms with Crippen LogP contribution in [-0.2, 0) is 4.74 Å². The molecule has 0 aliphatic carbocycles. The van der Waals surface area contributed by atoms with Gasteiger partial charge in [0.15, 0.2) is 6.23 Å². The SMILES string of the molecule is CCOc1ccn([C@@H]2O[C@H](CO)C(O)[C@]2(C)O)c(=O)n1. The van der Waals surface area contributed by atoms with Crippen molar-refractivity contribution in [1.29, 1.82) is 0 Å². The van der Waals surface area contributed by atoms with Crippen molar-refractivity contribution in [2.45, 2.75) is 37.9 Å². The van der Waals surface area contributed by atoms with Crippen molar-refractivity contribution in [3.05, 3.63) is 22.7 Å². The van der Waals surface area contributed by atoms with Crippen molar-refractivity contribution in [3.63, 3.8) is 0 Å². The molecule has 8 heteroatoms. The highest BCUT2D eigenvalue weighted by atomic mass is 16.6. The summed E-state index contributed by atoms with van der Waals surface area (Å²) in [7, 11) is 0. The molecule has 1 unspecified atom stereocenters. The summed E-state index contributed by atoms with van der Waals surface area (Å²) in [4.78, 5) is 15.6. The van der Waals surface area contributed by atoms with E-state index in [9.17, 15) is 15.0 Å². The Kier molecular flexibility index (Phi) is 4.09. The van der Waals surface area contributed by atoms with Crippen LogP contribution in [0.25, 0.3) is 0 Å². The molecule has 1 fully saturated rings. The molecule has 20 heavy (non-hydrogen) atoms. The molecule has 3 N–H and O–H groups in total. The van der Waals surface area contributed by atoms with Crippen LogP contribution in [0.2, 0.25) is 0 Å². The van der Waals surface area contributed by atoms with Crippen LogP contribution in [0.4, 0.5) is 0 Å². The van der Waals surface area contributed by atoms with Crippen molar-refractivity contribution in [2.75, 3.05) is 13.2 Å². The molecule has 0 bridgehead atoms. The molecule has 1 aromatic rings. The van der Waals surface area contributed by atoms with E-state index in [2.05, 4.69) is 4.98 Å². The molecule has 1 saturated heterocycles. The second-order valence-electron chi connectivity index (χ2n) is 4.77. The Morgan fingerprint density at radius 2 is 2.30 bits per heavy atom. The number of aromatic nitrogens is 2. The Hall–Kier alpha value is -1.48. The van der Waals surface area contributed by atoms with Crippen LogP contribution in [0.15, 0.2) is 17.1 Å². The first-order valence-electron chi connectivity index (χ1n) is 6.30. The molecule has 0 radical (unpaired) electrons. The summed E-state index contributed by atoms with van der Waals surface area (Å²) in [6, 6.07) is 1.46. The molecule has 2 heterocycles. The Balaban J connectivity index is 2.34. The quantitative estimate of drug-likeness (QED) is 0.626. The third kappa shape index (κ3) is 2.42. The van der Waals surface area contributed by atoms with Crippen molar-refractivity contribution >= 4 is 0 Å². The van der Waals surface area contributed by atoms with Gasteiger partial charge in [0.2, 0.25) is 5.88 Å². The van der Waals surface area contributed by atoms with Gasteiger partial charge in [0.1, 0.15) is 17.8 Å². The summed E-state index contributed by atoms with van der Waals surface area (Å²) in [5.41, 5.74) is -2.39. The third-order valence-corrected chi connectivity index (χ3v) is 3.28. The fourth-order valence-corrected chi connectivity index (χ4v) is 2.19. The first-order valence-corrected chi connectivity index (χ1v) is 6.30. The van der Waals surface area contributed by atoms with E-state index in [1.807, 2.05) is 0 Å². The average molecular weight is 286 g/mol. The first kappa shape index (κ1) is 14.9. The maximum atomic E-state index is 11.9. The van der Waals surface area contributed by atoms with Gasteiger partial charge in [-0.2, -0.15) is 4.98 Å². The van der Waals surface area contributed by atoms with E-state index < -0.39 is 36.3 Å². The molecule has 2 rings (SSSR count). The standard InChI is InChI=1S/C12H18N2O6/c1-3-19-8-4-5-14(11(17)13-8)10-12(2,18)9(16)7(6-15)20-10/h4-5,7,9-10,15-16,18H,3,6H2,1-2H3/t7-,9?,10-,12+/m1/s1. The van der Waals surface area contributed by atoms with E-state index in [1.54, 1.807) is 6.92 Å². The molecule has 0 spiro atoms. The van der Waals surface area contributed by atoms with Gasteiger partial charge in [0.05, 0.1) is 13.2 Å². The lowest BCUT2D eigenvalue weighted by Gasteiger charge is -2.27. The van der Waals surface area contributed by atoms with Gasteiger partial charge in [-0.25, -0.2) is 4.79 Å². The van der Waals surface area contributed by atoms with E-state index in [1.165, 1.54) is 19.2 Å². The van der Waals surface area contributed by atoms with Crippen LogP contribution in [-0.4, -0.2) is 55.9 Å². The Morgan fingerprint density at radius 1 is 1.60 bits per heavy atom. The van der Waals surface area contributed by atoms with Crippen molar-refractivity contribution in [2.24, 2.45) is 0 Å². The summed E-state index contributed by atoms with van der Waals surface area (Å²) in [6.07, 6.45) is -2.04. The predicted molar refractivity (Wildman–Crippen MR) is 67.3 cm³/mol. The number of nitrogens with zero attached hydrogens (tertiary/aromatic N) is 2. The zero-order chi connectivity index (χ0) is 14.9. The van der Waals surface area contributed by atoms with Crippen LogP contribution < -0.4 is 10.4 Å². The highest BCUT2D eigenvalue weighted by Gasteiger charge is 2.53. The van der Waals surface area contributed by atoms with E-state index in [-0.39, 0.29) is 5.88 Å². The molecule has 0 saturated carbocycles. The number of hydrogen-bond acceptors (Lipinski definition) is 7. The lowest BCUT2D eigenvalue weighted by molar-refractivity contribution is -0.0988. The van der Waals surface area contributed by atoms with Crippen molar-refractivity contribution in [3.8, 4) is 5.88 Å². The minimum absolute atomic E-state index is 0.172. The number of hydrogen-bond donors (Lipinski definition) is 3. The van der Waals surface area contributed by atoms with Gasteiger partial charge < -0.3 is 24.8 Å². The monoisotopic (exact) mass is 286 g/mol. The number of aliphatic hydroxyl groups is 3. The highest BCUT2D eigenvalue weighted by Crippen LogP contribution is 2.37. The molecule has 0 amide bonds. The zero-order valence-corrected chi connectivity index (χ0v) is 11.3. The lowest BCUT2D eigenvalue weighted by Crippen LogP contribution is -2.46. The van der Waals surface area contributed by atoms with Gasteiger partial charge in [0, 0.05) is 12.3 Å². The maximum Gasteiger partial charge on any atom is 0.353 e. The Morgan fingerprint density at radius 3 is 2.80 bits per heavy atom. The summed E-state index contributed by atoms with van der Waals surface area (Å²) >= 11 is 0. The van der Waals surface area contributed by atoms with Gasteiger partial charge in [-0.3, -0.25) is 4.57 Å². The minimum atomic E-state index is -1.72. The number of rotatable bonds is 4. The summed E-state index contributed by atoms with van der Waals surface area (Å²) in [5, 5.41) is 29.3. The number of ether oxygens (including phenoxy) is 2. The molecule has 112 valence electrons. The summed E-state index contributed by atoms with van der Waals surface area (Å²) < 4.78 is 11.5. The molecule has 8 nitrogen and oxygen atoms in total. The van der Waals surface area contributed by atoms with Crippen LogP contribution in [0.3, 0.4) is 0 Å². The molecule has 1 aliphatic heterocycles. The zero-order valence-electron chi connectivity index (χ0n) is 11.3. The maximum absolute atomic E-state index is 11.9. The summed E-state index contributed by atoms with van der Waals surface area (Å²) in [6.45, 7) is 3.01. The predicted octanol–water partition coefficient (Wildman–Crippen LogP) is -1.36. The van der Waals surface area contributed by atoms with Gasteiger partial charge in [0.25, 0.3) is 0 Å².